The summed E-state index contributed by atoms with van der Waals surface area (Å²) in [5.41, 5.74) is 0. The van der Waals surface area contributed by atoms with Gasteiger partial charge in [0.05, 0.1) is 13.5 Å². The van der Waals surface area contributed by atoms with Crippen molar-refractivity contribution < 1.29 is 9.53 Å². The highest BCUT2D eigenvalue weighted by Gasteiger charge is 2.04. The van der Waals surface area contributed by atoms with Crippen LogP contribution in [0.4, 0.5) is 0 Å². The van der Waals surface area contributed by atoms with Crippen molar-refractivity contribution in [1.29, 1.82) is 0 Å². The summed E-state index contributed by atoms with van der Waals surface area (Å²) < 4.78 is 6.19. The molecule has 0 saturated carbocycles. The van der Waals surface area contributed by atoms with Crippen molar-refractivity contribution in [3.63, 3.8) is 0 Å². The number of carbonyl (C=O) groups is 1. The van der Waals surface area contributed by atoms with E-state index in [0.717, 1.165) is 13.7 Å². The van der Waals surface area contributed by atoms with Crippen LogP contribution in [0.15, 0.2) is 10.5 Å². The zero-order chi connectivity index (χ0) is 11.3. The van der Waals surface area contributed by atoms with Gasteiger partial charge in [-0.15, -0.1) is 11.3 Å². The summed E-state index contributed by atoms with van der Waals surface area (Å²) in [5.74, 6) is -0.201. The molecule has 0 aliphatic rings. The quantitative estimate of drug-likeness (QED) is 0.671. The van der Waals surface area contributed by atoms with Crippen molar-refractivity contribution in [3.8, 4) is 0 Å². The van der Waals surface area contributed by atoms with Gasteiger partial charge in [0.15, 0.2) is 0 Å². The fourth-order valence-corrected chi connectivity index (χ4v) is 2.74. The van der Waals surface area contributed by atoms with Gasteiger partial charge < -0.3 is 10.1 Å². The maximum atomic E-state index is 10.8. The Kier molecular flexibility index (Phi) is 5.60. The predicted molar refractivity (Wildman–Crippen MR) is 65.4 cm³/mol. The van der Waals surface area contributed by atoms with Gasteiger partial charge in [0.1, 0.15) is 4.34 Å². The maximum absolute atomic E-state index is 10.8. The summed E-state index contributed by atoms with van der Waals surface area (Å²) in [5, 5.41) is 3.14. The molecule has 3 nitrogen and oxygen atoms in total. The van der Waals surface area contributed by atoms with Gasteiger partial charge in [-0.25, -0.2) is 0 Å². The number of thiophene rings is 1. The number of nitrogens with one attached hydrogen (secondary N) is 1. The number of hydrogen-bond acceptors (Lipinski definition) is 4. The molecule has 1 heterocycles. The van der Waals surface area contributed by atoms with E-state index in [0.29, 0.717) is 19.5 Å². The van der Waals surface area contributed by atoms with Crippen molar-refractivity contribution in [1.82, 2.24) is 5.32 Å². The predicted octanol–water partition coefficient (Wildman–Crippen LogP) is 2.82. The number of halogens is 2. The summed E-state index contributed by atoms with van der Waals surface area (Å²) in [6.07, 6.45) is 0.386. The normalized spacial score (nSPS) is 10.3. The SMILES string of the molecule is COC(=O)CCNCc1cc(Br)c(Cl)s1. The number of ether oxygens (including phenoxy) is 1. The first-order valence-electron chi connectivity index (χ1n) is 4.34. The molecule has 0 aromatic carbocycles. The summed E-state index contributed by atoms with van der Waals surface area (Å²) in [7, 11) is 1.39. The van der Waals surface area contributed by atoms with Crippen LogP contribution in [0.2, 0.25) is 4.34 Å². The van der Waals surface area contributed by atoms with Gasteiger partial charge in [-0.05, 0) is 22.0 Å². The average molecular weight is 313 g/mol. The van der Waals surface area contributed by atoms with E-state index in [4.69, 9.17) is 11.6 Å². The molecule has 15 heavy (non-hydrogen) atoms. The molecule has 84 valence electrons. The van der Waals surface area contributed by atoms with Crippen LogP contribution in [0.3, 0.4) is 0 Å². The number of esters is 1. The number of carbonyl (C=O) groups excluding carboxylic acids is 1. The van der Waals surface area contributed by atoms with Crippen LogP contribution in [-0.4, -0.2) is 19.6 Å². The molecule has 0 atom stereocenters. The number of rotatable bonds is 5. The van der Waals surface area contributed by atoms with Crippen molar-refractivity contribution in [2.45, 2.75) is 13.0 Å². The molecule has 0 spiro atoms. The minimum atomic E-state index is -0.201. The first-order chi connectivity index (χ1) is 7.13. The highest BCUT2D eigenvalue weighted by Crippen LogP contribution is 2.31. The Morgan fingerprint density at radius 1 is 1.73 bits per heavy atom. The Bertz CT molecular complexity index is 323. The Labute approximate surface area is 106 Å². The van der Waals surface area contributed by atoms with Crippen LogP contribution in [0.5, 0.6) is 0 Å². The lowest BCUT2D eigenvalue weighted by molar-refractivity contribution is -0.140. The summed E-state index contributed by atoms with van der Waals surface area (Å²) in [4.78, 5) is 11.9. The zero-order valence-electron chi connectivity index (χ0n) is 8.18. The molecule has 0 aliphatic heterocycles. The molecular weight excluding hydrogens is 302 g/mol. The van der Waals surface area contributed by atoms with E-state index in [1.165, 1.54) is 18.4 Å². The number of hydrogen-bond donors (Lipinski definition) is 1. The summed E-state index contributed by atoms with van der Waals surface area (Å²) in [6, 6.07) is 1.97. The standard InChI is InChI=1S/C9H11BrClNO2S/c1-14-8(13)2-3-12-5-6-4-7(10)9(11)15-6/h4,12H,2-3,5H2,1H3. The minimum Gasteiger partial charge on any atom is -0.469 e. The third kappa shape index (κ3) is 4.51. The van der Waals surface area contributed by atoms with Crippen molar-refractivity contribution in [2.24, 2.45) is 0 Å². The van der Waals surface area contributed by atoms with Crippen LogP contribution in [0.1, 0.15) is 11.3 Å². The third-order valence-corrected chi connectivity index (χ3v) is 4.20. The molecular formula is C9H11BrClNO2S. The average Bonchev–Trinajstić information content (AvgIpc) is 2.53. The van der Waals surface area contributed by atoms with E-state index >= 15 is 0 Å². The van der Waals surface area contributed by atoms with E-state index in [-0.39, 0.29) is 5.97 Å². The number of methoxy groups -OCH3 is 1. The molecule has 0 bridgehead atoms. The molecule has 0 unspecified atom stereocenters. The lowest BCUT2D eigenvalue weighted by Gasteiger charge is -2.01. The van der Waals surface area contributed by atoms with E-state index in [9.17, 15) is 4.79 Å². The smallest absolute Gasteiger partial charge is 0.306 e. The molecule has 1 rings (SSSR count). The second-order valence-electron chi connectivity index (χ2n) is 2.84. The van der Waals surface area contributed by atoms with Crippen LogP contribution in [0.25, 0.3) is 0 Å². The van der Waals surface area contributed by atoms with E-state index < -0.39 is 0 Å². The molecule has 1 N–H and O–H groups in total. The highest BCUT2D eigenvalue weighted by atomic mass is 79.9. The molecule has 1 aromatic rings. The molecule has 0 amide bonds. The summed E-state index contributed by atoms with van der Waals surface area (Å²) in [6.45, 7) is 1.33. The maximum Gasteiger partial charge on any atom is 0.306 e. The van der Waals surface area contributed by atoms with Crippen LogP contribution >= 0.6 is 38.9 Å². The van der Waals surface area contributed by atoms with Gasteiger partial charge in [0.25, 0.3) is 0 Å². The van der Waals surface area contributed by atoms with Crippen molar-refractivity contribution >= 4 is 44.8 Å². The van der Waals surface area contributed by atoms with Crippen LogP contribution < -0.4 is 5.32 Å². The van der Waals surface area contributed by atoms with Crippen molar-refractivity contribution in [2.75, 3.05) is 13.7 Å². The topological polar surface area (TPSA) is 38.3 Å². The van der Waals surface area contributed by atoms with Gasteiger partial charge in [0.2, 0.25) is 0 Å². The third-order valence-electron chi connectivity index (χ3n) is 1.73. The Morgan fingerprint density at radius 3 is 3.00 bits per heavy atom. The lowest BCUT2D eigenvalue weighted by Crippen LogP contribution is -2.17. The highest BCUT2D eigenvalue weighted by molar-refractivity contribution is 9.10. The second kappa shape index (κ2) is 6.48. The van der Waals surface area contributed by atoms with Gasteiger partial charge in [-0.2, -0.15) is 0 Å². The Hall–Kier alpha value is -0.100. The molecule has 1 aromatic heterocycles. The zero-order valence-corrected chi connectivity index (χ0v) is 11.3. The van der Waals surface area contributed by atoms with Crippen molar-refractivity contribution in [3.05, 3.63) is 19.8 Å². The molecule has 0 fully saturated rings. The van der Waals surface area contributed by atoms with Gasteiger partial charge in [0, 0.05) is 22.4 Å². The monoisotopic (exact) mass is 311 g/mol. The van der Waals surface area contributed by atoms with Gasteiger partial charge >= 0.3 is 5.97 Å². The lowest BCUT2D eigenvalue weighted by atomic mass is 10.4. The van der Waals surface area contributed by atoms with E-state index in [1.54, 1.807) is 0 Å². The Balaban J connectivity index is 2.23. The molecule has 6 heteroatoms. The van der Waals surface area contributed by atoms with E-state index in [2.05, 4.69) is 26.0 Å². The van der Waals surface area contributed by atoms with E-state index in [1.807, 2.05) is 6.07 Å². The van der Waals surface area contributed by atoms with Gasteiger partial charge in [-0.3, -0.25) is 4.79 Å². The summed E-state index contributed by atoms with van der Waals surface area (Å²) >= 11 is 10.7. The fourth-order valence-electron chi connectivity index (χ4n) is 0.983. The Morgan fingerprint density at radius 2 is 2.47 bits per heavy atom. The van der Waals surface area contributed by atoms with Crippen LogP contribution in [-0.2, 0) is 16.1 Å². The first kappa shape index (κ1) is 13.0. The molecule has 0 saturated heterocycles. The first-order valence-corrected chi connectivity index (χ1v) is 6.33. The fraction of sp³-hybridized carbons (Fsp3) is 0.444. The van der Waals surface area contributed by atoms with Crippen LogP contribution in [0, 0.1) is 0 Å². The largest absolute Gasteiger partial charge is 0.469 e. The van der Waals surface area contributed by atoms with Gasteiger partial charge in [-0.1, -0.05) is 11.6 Å². The molecule has 0 aliphatic carbocycles. The molecule has 0 radical (unpaired) electrons. The minimum absolute atomic E-state index is 0.201. The second-order valence-corrected chi connectivity index (χ2v) is 5.43.